The van der Waals surface area contributed by atoms with E-state index in [4.69, 9.17) is 0 Å². The van der Waals surface area contributed by atoms with Crippen molar-refractivity contribution in [3.05, 3.63) is 48.2 Å². The number of aromatic amines is 1. The maximum atomic E-state index is 12.4. The zero-order chi connectivity index (χ0) is 19.7. The molecule has 0 saturated carbocycles. The molecule has 4 rings (SSSR count). The fourth-order valence-electron chi connectivity index (χ4n) is 3.46. The summed E-state index contributed by atoms with van der Waals surface area (Å²) < 4.78 is 0. The second-order valence-electron chi connectivity index (χ2n) is 7.25. The third-order valence-corrected chi connectivity index (χ3v) is 5.14. The minimum Gasteiger partial charge on any atom is -0.383 e. The maximum absolute atomic E-state index is 12.4. The summed E-state index contributed by atoms with van der Waals surface area (Å²) in [6.07, 6.45) is 2.70. The van der Waals surface area contributed by atoms with Crippen LogP contribution in [0.4, 0.5) is 17.1 Å². The molecule has 2 heterocycles. The quantitative estimate of drug-likeness (QED) is 0.651. The number of amides is 2. The van der Waals surface area contributed by atoms with Crippen LogP contribution in [0.25, 0.3) is 10.9 Å². The van der Waals surface area contributed by atoms with Gasteiger partial charge in [0.05, 0.1) is 29.0 Å². The smallest absolute Gasteiger partial charge is 0.231 e. The first-order valence-corrected chi connectivity index (χ1v) is 9.38. The summed E-state index contributed by atoms with van der Waals surface area (Å²) >= 11 is 0. The van der Waals surface area contributed by atoms with E-state index in [9.17, 15) is 9.59 Å². The highest BCUT2D eigenvalue weighted by molar-refractivity contribution is 5.99. The Balaban J connectivity index is 1.42. The van der Waals surface area contributed by atoms with Gasteiger partial charge in [-0.15, -0.1) is 0 Å². The summed E-state index contributed by atoms with van der Waals surface area (Å²) in [5, 5.41) is 14.1. The first-order valence-electron chi connectivity index (χ1n) is 9.38. The average molecular weight is 377 g/mol. The van der Waals surface area contributed by atoms with Crippen molar-refractivity contribution in [1.82, 2.24) is 10.2 Å². The molecule has 2 aromatic carbocycles. The summed E-state index contributed by atoms with van der Waals surface area (Å²) in [6, 6.07) is 11.6. The normalized spacial score (nSPS) is 16.4. The number of aryl methyl sites for hydroxylation is 1. The molecule has 2 amide bonds. The van der Waals surface area contributed by atoms with E-state index < -0.39 is 0 Å². The van der Waals surface area contributed by atoms with E-state index in [1.165, 1.54) is 0 Å². The van der Waals surface area contributed by atoms with E-state index in [0.717, 1.165) is 33.5 Å². The highest BCUT2D eigenvalue weighted by Crippen LogP contribution is 2.30. The molecule has 0 unspecified atom stereocenters. The van der Waals surface area contributed by atoms with Gasteiger partial charge in [0.15, 0.2) is 0 Å². The van der Waals surface area contributed by atoms with Crippen LogP contribution in [-0.4, -0.2) is 35.6 Å². The van der Waals surface area contributed by atoms with E-state index in [0.29, 0.717) is 19.4 Å². The van der Waals surface area contributed by atoms with Gasteiger partial charge < -0.3 is 15.5 Å². The molecular weight excluding hydrogens is 354 g/mol. The largest absolute Gasteiger partial charge is 0.383 e. The summed E-state index contributed by atoms with van der Waals surface area (Å²) in [7, 11) is 1.80. The number of carbonyl (C=O) groups excluding carboxylic acids is 2. The number of H-pyrrole nitrogens is 1. The van der Waals surface area contributed by atoms with Crippen molar-refractivity contribution in [2.45, 2.75) is 19.8 Å². The van der Waals surface area contributed by atoms with Crippen molar-refractivity contribution in [2.24, 2.45) is 5.92 Å². The number of nitrogens with one attached hydrogen (secondary N) is 3. The van der Waals surface area contributed by atoms with E-state index in [1.807, 2.05) is 43.3 Å². The zero-order valence-electron chi connectivity index (χ0n) is 16.0. The molecule has 1 atom stereocenters. The molecule has 7 heteroatoms. The predicted octanol–water partition coefficient (Wildman–Crippen LogP) is 3.16. The molecule has 0 radical (unpaired) electrons. The lowest BCUT2D eigenvalue weighted by Gasteiger charge is -2.19. The molecule has 0 bridgehead atoms. The molecule has 0 spiro atoms. The third-order valence-electron chi connectivity index (χ3n) is 5.14. The van der Waals surface area contributed by atoms with Gasteiger partial charge in [0, 0.05) is 31.1 Å². The summed E-state index contributed by atoms with van der Waals surface area (Å²) in [5.74, 6) is -0.0241. The zero-order valence-corrected chi connectivity index (χ0v) is 16.0. The SMILES string of the molecule is C[C@H]1CNc2ccc(CCC(=O)Nc3ccc4[nH]ncc4c3)cc2N(C)C1=O. The van der Waals surface area contributed by atoms with Crippen LogP contribution in [-0.2, 0) is 16.0 Å². The van der Waals surface area contributed by atoms with Crippen LogP contribution in [0.1, 0.15) is 18.9 Å². The van der Waals surface area contributed by atoms with Crippen molar-refractivity contribution >= 4 is 39.8 Å². The van der Waals surface area contributed by atoms with Crippen molar-refractivity contribution in [1.29, 1.82) is 0 Å². The van der Waals surface area contributed by atoms with Gasteiger partial charge in [0.25, 0.3) is 0 Å². The Hall–Kier alpha value is -3.35. The molecule has 144 valence electrons. The first kappa shape index (κ1) is 18.0. The van der Waals surface area contributed by atoms with Crippen LogP contribution < -0.4 is 15.5 Å². The number of hydrogen-bond acceptors (Lipinski definition) is 4. The van der Waals surface area contributed by atoms with E-state index in [2.05, 4.69) is 20.8 Å². The number of rotatable bonds is 4. The van der Waals surface area contributed by atoms with E-state index in [1.54, 1.807) is 18.1 Å². The standard InChI is InChI=1S/C21H23N5O2/c1-13-11-22-18-6-3-14(9-19(18)26(2)21(13)28)4-8-20(27)24-16-5-7-17-15(10-16)12-23-25-17/h3,5-7,9-10,12-13,22H,4,8,11H2,1-2H3,(H,23,25)(H,24,27)/t13-/m0/s1. The number of fused-ring (bicyclic) bond motifs is 2. The second-order valence-corrected chi connectivity index (χ2v) is 7.25. The molecule has 0 aliphatic carbocycles. The van der Waals surface area contributed by atoms with Crippen LogP contribution in [0.5, 0.6) is 0 Å². The topological polar surface area (TPSA) is 90.1 Å². The monoisotopic (exact) mass is 377 g/mol. The lowest BCUT2D eigenvalue weighted by Crippen LogP contribution is -2.31. The molecule has 1 aliphatic rings. The Morgan fingerprint density at radius 1 is 1.29 bits per heavy atom. The summed E-state index contributed by atoms with van der Waals surface area (Å²) in [5.41, 5.74) is 4.52. The highest BCUT2D eigenvalue weighted by atomic mass is 16.2. The molecule has 0 fully saturated rings. The van der Waals surface area contributed by atoms with Crippen LogP contribution in [0.2, 0.25) is 0 Å². The van der Waals surface area contributed by atoms with E-state index >= 15 is 0 Å². The summed E-state index contributed by atoms with van der Waals surface area (Å²) in [6.45, 7) is 2.54. The molecule has 7 nitrogen and oxygen atoms in total. The number of aromatic nitrogens is 2. The molecule has 1 aliphatic heterocycles. The Kier molecular flexibility index (Phi) is 4.73. The number of anilines is 3. The van der Waals surface area contributed by atoms with Gasteiger partial charge >= 0.3 is 0 Å². The third kappa shape index (κ3) is 3.55. The van der Waals surface area contributed by atoms with Gasteiger partial charge in [0.1, 0.15) is 0 Å². The Morgan fingerprint density at radius 3 is 3.00 bits per heavy atom. The summed E-state index contributed by atoms with van der Waals surface area (Å²) in [4.78, 5) is 26.4. The van der Waals surface area contributed by atoms with Crippen molar-refractivity contribution < 1.29 is 9.59 Å². The fraction of sp³-hybridized carbons (Fsp3) is 0.286. The Bertz CT molecular complexity index is 1040. The molecule has 3 N–H and O–H groups in total. The predicted molar refractivity (Wildman–Crippen MR) is 111 cm³/mol. The van der Waals surface area contributed by atoms with Crippen LogP contribution in [0, 0.1) is 5.92 Å². The Labute approximate surface area is 163 Å². The highest BCUT2D eigenvalue weighted by Gasteiger charge is 2.24. The molecule has 28 heavy (non-hydrogen) atoms. The fourth-order valence-corrected chi connectivity index (χ4v) is 3.46. The lowest BCUT2D eigenvalue weighted by atomic mass is 10.1. The van der Waals surface area contributed by atoms with Crippen LogP contribution in [0.3, 0.4) is 0 Å². The maximum Gasteiger partial charge on any atom is 0.231 e. The van der Waals surface area contributed by atoms with Gasteiger partial charge in [-0.1, -0.05) is 13.0 Å². The lowest BCUT2D eigenvalue weighted by molar-refractivity contribution is -0.121. The number of benzene rings is 2. The van der Waals surface area contributed by atoms with Gasteiger partial charge in [-0.05, 0) is 42.3 Å². The number of nitrogens with zero attached hydrogens (tertiary/aromatic N) is 2. The average Bonchev–Trinajstić information content (AvgIpc) is 3.13. The molecule has 1 aromatic heterocycles. The second kappa shape index (κ2) is 7.34. The number of carbonyl (C=O) groups is 2. The molecule has 3 aromatic rings. The van der Waals surface area contributed by atoms with Crippen molar-refractivity contribution in [3.8, 4) is 0 Å². The first-order chi connectivity index (χ1) is 13.5. The van der Waals surface area contributed by atoms with Gasteiger partial charge in [0.2, 0.25) is 11.8 Å². The minimum absolute atomic E-state index is 0.0473. The van der Waals surface area contributed by atoms with Gasteiger partial charge in [-0.25, -0.2) is 0 Å². The van der Waals surface area contributed by atoms with Crippen LogP contribution in [0.15, 0.2) is 42.6 Å². The van der Waals surface area contributed by atoms with Gasteiger partial charge in [-0.2, -0.15) is 5.10 Å². The van der Waals surface area contributed by atoms with Crippen molar-refractivity contribution in [2.75, 3.05) is 29.1 Å². The van der Waals surface area contributed by atoms with E-state index in [-0.39, 0.29) is 17.7 Å². The molecular formula is C21H23N5O2. The van der Waals surface area contributed by atoms with Crippen LogP contribution >= 0.6 is 0 Å². The minimum atomic E-state index is -0.0702. The van der Waals surface area contributed by atoms with Gasteiger partial charge in [-0.3, -0.25) is 14.7 Å². The number of hydrogen-bond donors (Lipinski definition) is 3. The molecule has 0 saturated heterocycles. The Morgan fingerprint density at radius 2 is 2.14 bits per heavy atom. The van der Waals surface area contributed by atoms with Crippen molar-refractivity contribution in [3.63, 3.8) is 0 Å².